The average Bonchev–Trinajstić information content (AvgIpc) is 3.27. The summed E-state index contributed by atoms with van der Waals surface area (Å²) in [6, 6.07) is 15.6. The molecule has 6 heteroatoms. The molecule has 2 aromatic carbocycles. The molecule has 0 radical (unpaired) electrons. The molecule has 26 heavy (non-hydrogen) atoms. The zero-order valence-corrected chi connectivity index (χ0v) is 14.5. The van der Waals surface area contributed by atoms with Crippen molar-refractivity contribution in [1.29, 1.82) is 0 Å². The maximum absolute atomic E-state index is 6.06. The van der Waals surface area contributed by atoms with Gasteiger partial charge in [-0.05, 0) is 35.4 Å². The lowest BCUT2D eigenvalue weighted by Crippen LogP contribution is -2.36. The van der Waals surface area contributed by atoms with Gasteiger partial charge in [0.2, 0.25) is 0 Å². The van der Waals surface area contributed by atoms with Gasteiger partial charge in [-0.2, -0.15) is 0 Å². The second kappa shape index (κ2) is 7.63. The Morgan fingerprint density at radius 3 is 1.42 bits per heavy atom. The van der Waals surface area contributed by atoms with Gasteiger partial charge in [0.05, 0.1) is 13.2 Å². The smallest absolute Gasteiger partial charge is 0.151 e. The van der Waals surface area contributed by atoms with Gasteiger partial charge in [-0.1, -0.05) is 24.3 Å². The van der Waals surface area contributed by atoms with Gasteiger partial charge in [0, 0.05) is 13.1 Å². The summed E-state index contributed by atoms with van der Waals surface area (Å²) in [4.78, 5) is 0. The molecular weight excluding hydrogens is 332 g/mol. The Morgan fingerprint density at radius 2 is 1.08 bits per heavy atom. The topological polar surface area (TPSA) is 89.0 Å². The molecule has 4 N–H and O–H groups in total. The van der Waals surface area contributed by atoms with Gasteiger partial charge in [0.1, 0.15) is 23.7 Å². The van der Waals surface area contributed by atoms with Crippen LogP contribution in [0.25, 0.3) is 0 Å². The van der Waals surface area contributed by atoms with Crippen molar-refractivity contribution in [3.05, 3.63) is 59.7 Å². The van der Waals surface area contributed by atoms with Crippen molar-refractivity contribution < 1.29 is 18.9 Å². The number of nitrogens with two attached hydrogens (primary N) is 2. The van der Waals surface area contributed by atoms with Crippen molar-refractivity contribution >= 4 is 0 Å². The third-order valence-electron chi connectivity index (χ3n) is 4.86. The van der Waals surface area contributed by atoms with Crippen LogP contribution in [0.3, 0.4) is 0 Å². The second-order valence-corrected chi connectivity index (χ2v) is 6.60. The fourth-order valence-electron chi connectivity index (χ4n) is 3.39. The molecule has 2 fully saturated rings. The third kappa shape index (κ3) is 3.54. The molecule has 0 unspecified atom stereocenters. The summed E-state index contributed by atoms with van der Waals surface area (Å²) in [6.07, 6.45) is -0.538. The first-order chi connectivity index (χ1) is 12.8. The minimum Gasteiger partial charge on any atom is -0.485 e. The van der Waals surface area contributed by atoms with E-state index in [1.807, 2.05) is 48.5 Å². The lowest BCUT2D eigenvalue weighted by molar-refractivity contribution is 0.0181. The average molecular weight is 356 g/mol. The molecule has 0 spiro atoms. The van der Waals surface area contributed by atoms with Crippen molar-refractivity contribution in [3.63, 3.8) is 0 Å². The number of benzene rings is 2. The SMILES string of the molecule is NCc1ccc(O[C@H]2CO[C@H]3[C@@H]2OC[C@H]3Oc2ccc(CN)cc2)cc1. The first kappa shape index (κ1) is 17.3. The fraction of sp³-hybridized carbons (Fsp3) is 0.400. The summed E-state index contributed by atoms with van der Waals surface area (Å²) in [6.45, 7) is 2.01. The number of hydrogen-bond acceptors (Lipinski definition) is 6. The van der Waals surface area contributed by atoms with Crippen LogP contribution >= 0.6 is 0 Å². The van der Waals surface area contributed by atoms with Crippen LogP contribution < -0.4 is 20.9 Å². The molecule has 2 aliphatic rings. The number of rotatable bonds is 6. The Hall–Kier alpha value is -2.12. The predicted molar refractivity (Wildman–Crippen MR) is 97.0 cm³/mol. The van der Waals surface area contributed by atoms with E-state index >= 15 is 0 Å². The Morgan fingerprint density at radius 1 is 0.692 bits per heavy atom. The summed E-state index contributed by atoms with van der Waals surface area (Å²) in [5.41, 5.74) is 13.4. The first-order valence-electron chi connectivity index (χ1n) is 8.91. The van der Waals surface area contributed by atoms with Gasteiger partial charge in [0.15, 0.2) is 12.2 Å². The molecule has 138 valence electrons. The van der Waals surface area contributed by atoms with Crippen LogP contribution in [-0.2, 0) is 22.6 Å². The maximum Gasteiger partial charge on any atom is 0.151 e. The normalized spacial score (nSPS) is 27.3. The molecule has 2 heterocycles. The Labute approximate surface area is 153 Å². The zero-order chi connectivity index (χ0) is 17.9. The van der Waals surface area contributed by atoms with E-state index in [1.165, 1.54) is 0 Å². The summed E-state index contributed by atoms with van der Waals surface area (Å²) >= 11 is 0. The highest BCUT2D eigenvalue weighted by Crippen LogP contribution is 2.32. The van der Waals surface area contributed by atoms with Crippen molar-refractivity contribution in [2.75, 3.05) is 13.2 Å². The van der Waals surface area contributed by atoms with Crippen LogP contribution in [0.15, 0.2) is 48.5 Å². The standard InChI is InChI=1S/C20H24N2O4/c21-9-13-1-5-15(6-2-13)25-17-11-23-20-18(12-24-19(17)20)26-16-7-3-14(10-22)4-8-16/h1-8,17-20H,9-12,21-22H2/t17-,18+,19-,20-/m1/s1. The fourth-order valence-corrected chi connectivity index (χ4v) is 3.39. The maximum atomic E-state index is 6.06. The predicted octanol–water partition coefficient (Wildman–Crippen LogP) is 1.60. The molecule has 2 aliphatic heterocycles. The van der Waals surface area contributed by atoms with Crippen LogP contribution in [0.2, 0.25) is 0 Å². The molecule has 0 aliphatic carbocycles. The highest BCUT2D eigenvalue weighted by molar-refractivity contribution is 5.29. The van der Waals surface area contributed by atoms with Crippen molar-refractivity contribution in [3.8, 4) is 11.5 Å². The zero-order valence-electron chi connectivity index (χ0n) is 14.5. The lowest BCUT2D eigenvalue weighted by atomic mass is 10.1. The Bertz CT molecular complexity index is 656. The number of ether oxygens (including phenoxy) is 4. The van der Waals surface area contributed by atoms with Crippen LogP contribution in [0, 0.1) is 0 Å². The molecule has 0 aromatic heterocycles. The summed E-state index contributed by atoms with van der Waals surface area (Å²) in [7, 11) is 0. The van der Waals surface area contributed by atoms with E-state index in [9.17, 15) is 0 Å². The van der Waals surface area contributed by atoms with Crippen LogP contribution in [-0.4, -0.2) is 37.6 Å². The molecule has 4 atom stereocenters. The minimum atomic E-state index is -0.142. The first-order valence-corrected chi connectivity index (χ1v) is 8.91. The van der Waals surface area contributed by atoms with Gasteiger partial charge in [-0.25, -0.2) is 0 Å². The molecule has 4 rings (SSSR count). The second-order valence-electron chi connectivity index (χ2n) is 6.60. The number of hydrogen-bond donors (Lipinski definition) is 2. The largest absolute Gasteiger partial charge is 0.485 e. The van der Waals surface area contributed by atoms with Crippen molar-refractivity contribution in [2.45, 2.75) is 37.5 Å². The van der Waals surface area contributed by atoms with Crippen molar-refractivity contribution in [1.82, 2.24) is 0 Å². The van der Waals surface area contributed by atoms with Crippen LogP contribution in [0.4, 0.5) is 0 Å². The van der Waals surface area contributed by atoms with Gasteiger partial charge < -0.3 is 30.4 Å². The van der Waals surface area contributed by atoms with Crippen LogP contribution in [0.5, 0.6) is 11.5 Å². The summed E-state index contributed by atoms with van der Waals surface area (Å²) in [5, 5.41) is 0. The molecule has 0 saturated carbocycles. The monoisotopic (exact) mass is 356 g/mol. The van der Waals surface area contributed by atoms with Gasteiger partial charge in [0.25, 0.3) is 0 Å². The molecule has 2 saturated heterocycles. The summed E-state index contributed by atoms with van der Waals surface area (Å²) in [5.74, 6) is 1.59. The van der Waals surface area contributed by atoms with Gasteiger partial charge in [-0.3, -0.25) is 0 Å². The quantitative estimate of drug-likeness (QED) is 0.817. The Balaban J connectivity index is 1.37. The third-order valence-corrected chi connectivity index (χ3v) is 4.86. The van der Waals surface area contributed by atoms with E-state index in [2.05, 4.69) is 0 Å². The van der Waals surface area contributed by atoms with E-state index in [1.54, 1.807) is 0 Å². The highest BCUT2D eigenvalue weighted by atomic mass is 16.6. The van der Waals surface area contributed by atoms with E-state index in [0.29, 0.717) is 26.3 Å². The van der Waals surface area contributed by atoms with Crippen molar-refractivity contribution in [2.24, 2.45) is 11.5 Å². The van der Waals surface area contributed by atoms with E-state index in [4.69, 9.17) is 30.4 Å². The number of fused-ring (bicyclic) bond motifs is 1. The van der Waals surface area contributed by atoms with Gasteiger partial charge in [-0.15, -0.1) is 0 Å². The molecular formula is C20H24N2O4. The molecule has 0 amide bonds. The van der Waals surface area contributed by atoms with Gasteiger partial charge >= 0.3 is 0 Å². The van der Waals surface area contributed by atoms with E-state index in [-0.39, 0.29) is 24.4 Å². The molecule has 0 bridgehead atoms. The van der Waals surface area contributed by atoms with Crippen LogP contribution in [0.1, 0.15) is 11.1 Å². The Kier molecular flexibility index (Phi) is 5.08. The van der Waals surface area contributed by atoms with E-state index in [0.717, 1.165) is 22.6 Å². The lowest BCUT2D eigenvalue weighted by Gasteiger charge is -2.19. The van der Waals surface area contributed by atoms with E-state index < -0.39 is 0 Å². The highest BCUT2D eigenvalue weighted by Gasteiger charge is 2.50. The molecule has 6 nitrogen and oxygen atoms in total. The summed E-state index contributed by atoms with van der Waals surface area (Å²) < 4.78 is 24.0. The molecule has 2 aromatic rings. The minimum absolute atomic E-state index is 0.127.